The van der Waals surface area contributed by atoms with Crippen molar-refractivity contribution in [3.63, 3.8) is 0 Å². The van der Waals surface area contributed by atoms with E-state index in [1.54, 1.807) is 12.1 Å². The summed E-state index contributed by atoms with van der Waals surface area (Å²) >= 11 is 0. The van der Waals surface area contributed by atoms with Crippen molar-refractivity contribution in [3.05, 3.63) is 65.2 Å². The molecule has 0 bridgehead atoms. The average Bonchev–Trinajstić information content (AvgIpc) is 3.16. The Bertz CT molecular complexity index is 975. The summed E-state index contributed by atoms with van der Waals surface area (Å²) in [4.78, 5) is 15.0. The van der Waals surface area contributed by atoms with Crippen LogP contribution in [0.5, 0.6) is 0 Å². The van der Waals surface area contributed by atoms with Gasteiger partial charge in [-0.15, -0.1) is 6.42 Å². The van der Waals surface area contributed by atoms with Crippen LogP contribution in [0.3, 0.4) is 0 Å². The van der Waals surface area contributed by atoms with Crippen LogP contribution in [0.25, 0.3) is 0 Å². The molecule has 1 atom stereocenters. The van der Waals surface area contributed by atoms with E-state index in [0.29, 0.717) is 12.1 Å². The number of carbonyl (C=O) groups is 1. The van der Waals surface area contributed by atoms with Crippen LogP contribution in [0.15, 0.2) is 53.4 Å². The number of likely N-dealkylation sites (tertiary alicyclic amines) is 1. The van der Waals surface area contributed by atoms with Gasteiger partial charge in [0.15, 0.2) is 0 Å². The van der Waals surface area contributed by atoms with E-state index >= 15 is 0 Å². The van der Waals surface area contributed by atoms with Gasteiger partial charge in [-0.25, -0.2) is 8.42 Å². The first-order chi connectivity index (χ1) is 12.9. The van der Waals surface area contributed by atoms with Crippen molar-refractivity contribution < 1.29 is 13.2 Å². The third-order valence-electron chi connectivity index (χ3n) is 4.84. The molecule has 0 unspecified atom stereocenters. The molecule has 1 aliphatic heterocycles. The second-order valence-corrected chi connectivity index (χ2v) is 8.33. The average molecular weight is 382 g/mol. The van der Waals surface area contributed by atoms with Gasteiger partial charge in [0.25, 0.3) is 5.91 Å². The Hall–Kier alpha value is -2.62. The Balaban J connectivity index is 1.81. The largest absolute Gasteiger partial charge is 0.332 e. The predicted molar refractivity (Wildman–Crippen MR) is 105 cm³/mol. The molecule has 3 rings (SSSR count). The van der Waals surface area contributed by atoms with E-state index in [1.165, 1.54) is 23.3 Å². The predicted octanol–water partition coefficient (Wildman–Crippen LogP) is 2.88. The van der Waals surface area contributed by atoms with Gasteiger partial charge in [0, 0.05) is 12.1 Å². The molecule has 0 spiro atoms. The number of carbonyl (C=O) groups excluding carboxylic acids is 1. The summed E-state index contributed by atoms with van der Waals surface area (Å²) in [5.41, 5.74) is 2.82. The number of amides is 1. The topological polar surface area (TPSA) is 66.5 Å². The van der Waals surface area contributed by atoms with E-state index < -0.39 is 10.0 Å². The van der Waals surface area contributed by atoms with Crippen LogP contribution in [0.1, 0.15) is 40.4 Å². The molecule has 27 heavy (non-hydrogen) atoms. The first kappa shape index (κ1) is 19.2. The van der Waals surface area contributed by atoms with E-state index in [4.69, 9.17) is 6.42 Å². The van der Waals surface area contributed by atoms with Crippen molar-refractivity contribution in [2.75, 3.05) is 13.1 Å². The van der Waals surface area contributed by atoms with E-state index in [9.17, 15) is 13.2 Å². The number of nitrogens with zero attached hydrogens (tertiary/aromatic N) is 1. The van der Waals surface area contributed by atoms with Gasteiger partial charge in [0.05, 0.1) is 17.5 Å². The zero-order chi connectivity index (χ0) is 19.4. The minimum absolute atomic E-state index is 0.0550. The molecule has 0 saturated carbocycles. The summed E-state index contributed by atoms with van der Waals surface area (Å²) < 4.78 is 26.5. The van der Waals surface area contributed by atoms with Crippen molar-refractivity contribution in [2.45, 2.75) is 30.7 Å². The van der Waals surface area contributed by atoms with Crippen LogP contribution < -0.4 is 4.72 Å². The second kappa shape index (κ2) is 7.95. The van der Waals surface area contributed by atoms with Crippen LogP contribution >= 0.6 is 0 Å². The minimum Gasteiger partial charge on any atom is -0.332 e. The van der Waals surface area contributed by atoms with Crippen LogP contribution in [0.2, 0.25) is 0 Å². The van der Waals surface area contributed by atoms with Crippen molar-refractivity contribution in [1.82, 2.24) is 9.62 Å². The summed E-state index contributed by atoms with van der Waals surface area (Å²) in [6.45, 7) is 2.68. The molecule has 1 aliphatic rings. The van der Waals surface area contributed by atoms with Gasteiger partial charge < -0.3 is 4.90 Å². The van der Waals surface area contributed by atoms with Gasteiger partial charge in [-0.3, -0.25) is 4.79 Å². The van der Waals surface area contributed by atoms with Crippen molar-refractivity contribution >= 4 is 15.9 Å². The maximum atomic E-state index is 13.0. The third-order valence-corrected chi connectivity index (χ3v) is 6.25. The summed E-state index contributed by atoms with van der Waals surface area (Å²) in [6.07, 6.45) is 6.97. The summed E-state index contributed by atoms with van der Waals surface area (Å²) in [5, 5.41) is 0. The highest BCUT2D eigenvalue weighted by atomic mass is 32.2. The highest BCUT2D eigenvalue weighted by Crippen LogP contribution is 2.34. The molecule has 1 saturated heterocycles. The van der Waals surface area contributed by atoms with Gasteiger partial charge in [-0.1, -0.05) is 30.2 Å². The second-order valence-electron chi connectivity index (χ2n) is 6.57. The Morgan fingerprint density at radius 1 is 1.22 bits per heavy atom. The normalized spacial score (nSPS) is 16.9. The zero-order valence-electron chi connectivity index (χ0n) is 15.2. The monoisotopic (exact) mass is 382 g/mol. The fourth-order valence-corrected chi connectivity index (χ4v) is 4.39. The highest BCUT2D eigenvalue weighted by molar-refractivity contribution is 7.89. The van der Waals surface area contributed by atoms with E-state index in [1.807, 2.05) is 17.0 Å². The molecule has 2 aromatic carbocycles. The number of hydrogen-bond acceptors (Lipinski definition) is 3. The van der Waals surface area contributed by atoms with Crippen molar-refractivity contribution in [1.29, 1.82) is 0 Å². The lowest BCUT2D eigenvalue weighted by Crippen LogP contribution is -2.31. The molecule has 1 fully saturated rings. The zero-order valence-corrected chi connectivity index (χ0v) is 16.0. The number of hydrogen-bond donors (Lipinski definition) is 1. The standard InChI is InChI=1S/C21H22N2O3S/c1-3-14-22-27(25,26)18-12-10-17(11-13-18)21(24)23-15-6-9-20(23)19-8-5-4-7-16(19)2/h1,4-5,7-8,10-13,20,22H,6,9,14-15H2,2H3/t20-/m1/s1. The van der Waals surface area contributed by atoms with E-state index in [0.717, 1.165) is 12.8 Å². The molecule has 0 radical (unpaired) electrons. The summed E-state index contributed by atoms with van der Waals surface area (Å²) in [6, 6.07) is 14.1. The SMILES string of the molecule is C#CCNS(=O)(=O)c1ccc(C(=O)N2CCC[C@@H]2c2ccccc2C)cc1. The molecule has 6 heteroatoms. The smallest absolute Gasteiger partial charge is 0.254 e. The lowest BCUT2D eigenvalue weighted by atomic mass is 9.99. The van der Waals surface area contributed by atoms with Crippen LogP contribution in [0, 0.1) is 19.3 Å². The number of sulfonamides is 1. The lowest BCUT2D eigenvalue weighted by Gasteiger charge is -2.26. The number of nitrogens with one attached hydrogen (secondary N) is 1. The fraction of sp³-hybridized carbons (Fsp3) is 0.286. The lowest BCUT2D eigenvalue weighted by molar-refractivity contribution is 0.0735. The molecule has 0 aliphatic carbocycles. The van der Waals surface area contributed by atoms with E-state index in [2.05, 4.69) is 29.7 Å². The van der Waals surface area contributed by atoms with Gasteiger partial charge in [-0.05, 0) is 55.2 Å². The molecular formula is C21H22N2O3S. The molecule has 5 nitrogen and oxygen atoms in total. The molecule has 2 aromatic rings. The van der Waals surface area contributed by atoms with E-state index in [-0.39, 0.29) is 23.4 Å². The van der Waals surface area contributed by atoms with Gasteiger partial charge in [0.2, 0.25) is 10.0 Å². The van der Waals surface area contributed by atoms with Crippen molar-refractivity contribution in [3.8, 4) is 12.3 Å². The molecule has 1 N–H and O–H groups in total. The minimum atomic E-state index is -3.66. The fourth-order valence-electron chi connectivity index (χ4n) is 3.46. The first-order valence-corrected chi connectivity index (χ1v) is 10.3. The maximum Gasteiger partial charge on any atom is 0.254 e. The van der Waals surface area contributed by atoms with Crippen LogP contribution in [0.4, 0.5) is 0 Å². The van der Waals surface area contributed by atoms with Crippen LogP contribution in [-0.2, 0) is 10.0 Å². The summed E-state index contributed by atoms with van der Waals surface area (Å²) in [5.74, 6) is 2.15. The maximum absolute atomic E-state index is 13.0. The number of benzene rings is 2. The Morgan fingerprint density at radius 2 is 1.93 bits per heavy atom. The quantitative estimate of drug-likeness (QED) is 0.809. The Kier molecular flexibility index (Phi) is 5.64. The first-order valence-electron chi connectivity index (χ1n) is 8.84. The number of aryl methyl sites for hydroxylation is 1. The Morgan fingerprint density at radius 3 is 2.59 bits per heavy atom. The third kappa shape index (κ3) is 4.05. The van der Waals surface area contributed by atoms with Gasteiger partial charge in [0.1, 0.15) is 0 Å². The van der Waals surface area contributed by atoms with Crippen molar-refractivity contribution in [2.24, 2.45) is 0 Å². The molecule has 0 aromatic heterocycles. The molecular weight excluding hydrogens is 360 g/mol. The van der Waals surface area contributed by atoms with Gasteiger partial charge >= 0.3 is 0 Å². The molecule has 1 amide bonds. The molecule has 140 valence electrons. The highest BCUT2D eigenvalue weighted by Gasteiger charge is 2.31. The van der Waals surface area contributed by atoms with Gasteiger partial charge in [-0.2, -0.15) is 4.72 Å². The summed E-state index contributed by atoms with van der Waals surface area (Å²) in [7, 11) is -3.66. The number of rotatable bonds is 5. The number of terminal acetylenes is 1. The van der Waals surface area contributed by atoms with Crippen LogP contribution in [-0.4, -0.2) is 32.3 Å². The Labute approximate surface area is 160 Å². The molecule has 1 heterocycles.